The van der Waals surface area contributed by atoms with E-state index in [0.717, 1.165) is 24.5 Å². The number of carbonyl (C=O) groups is 1. The SMILES string of the molecule is O=C(NCC[C@H]1CCCN1)c1cnns1. The number of amides is 1. The summed E-state index contributed by atoms with van der Waals surface area (Å²) >= 11 is 1.12. The van der Waals surface area contributed by atoms with E-state index in [1.807, 2.05) is 0 Å². The van der Waals surface area contributed by atoms with E-state index in [4.69, 9.17) is 0 Å². The summed E-state index contributed by atoms with van der Waals surface area (Å²) in [7, 11) is 0. The fourth-order valence-corrected chi connectivity index (χ4v) is 2.15. The maximum Gasteiger partial charge on any atom is 0.264 e. The van der Waals surface area contributed by atoms with E-state index in [1.165, 1.54) is 19.0 Å². The normalized spacial score (nSPS) is 20.4. The summed E-state index contributed by atoms with van der Waals surface area (Å²) in [4.78, 5) is 12.1. The molecule has 0 aromatic carbocycles. The standard InChI is InChI=1S/C9H14N4OS/c14-9(8-6-12-13-15-8)11-5-3-7-2-1-4-10-7/h6-7,10H,1-5H2,(H,11,14)/t7-/m1/s1. The van der Waals surface area contributed by atoms with Gasteiger partial charge in [-0.1, -0.05) is 4.49 Å². The second-order valence-electron chi connectivity index (χ2n) is 3.62. The Morgan fingerprint density at radius 3 is 3.33 bits per heavy atom. The molecule has 5 nitrogen and oxygen atoms in total. The second-order valence-corrected chi connectivity index (χ2v) is 4.41. The molecule has 1 amide bonds. The minimum Gasteiger partial charge on any atom is -0.351 e. The van der Waals surface area contributed by atoms with Crippen molar-refractivity contribution in [1.82, 2.24) is 20.2 Å². The van der Waals surface area contributed by atoms with Gasteiger partial charge in [0.15, 0.2) is 0 Å². The smallest absolute Gasteiger partial charge is 0.264 e. The van der Waals surface area contributed by atoms with Crippen molar-refractivity contribution in [2.45, 2.75) is 25.3 Å². The number of aromatic nitrogens is 2. The molecule has 0 bridgehead atoms. The third-order valence-electron chi connectivity index (χ3n) is 2.53. The van der Waals surface area contributed by atoms with E-state index in [9.17, 15) is 4.79 Å². The quantitative estimate of drug-likeness (QED) is 0.780. The van der Waals surface area contributed by atoms with Gasteiger partial charge in [-0.15, -0.1) is 5.10 Å². The Labute approximate surface area is 92.4 Å². The number of carbonyl (C=O) groups excluding carboxylic acids is 1. The van der Waals surface area contributed by atoms with E-state index in [2.05, 4.69) is 20.2 Å². The molecule has 1 aromatic heterocycles. The summed E-state index contributed by atoms with van der Waals surface area (Å²) in [5.41, 5.74) is 0. The Hall–Kier alpha value is -1.01. The fourth-order valence-electron chi connectivity index (χ4n) is 1.72. The first-order valence-corrected chi connectivity index (χ1v) is 5.92. The van der Waals surface area contributed by atoms with Crippen LogP contribution in [0, 0.1) is 0 Å². The summed E-state index contributed by atoms with van der Waals surface area (Å²) in [6.45, 7) is 1.83. The Bertz CT molecular complexity index is 308. The van der Waals surface area contributed by atoms with Crippen molar-refractivity contribution in [2.24, 2.45) is 0 Å². The van der Waals surface area contributed by atoms with Gasteiger partial charge >= 0.3 is 0 Å². The average Bonchev–Trinajstić information content (AvgIpc) is 2.90. The Kier molecular flexibility index (Phi) is 3.63. The van der Waals surface area contributed by atoms with Crippen LogP contribution in [0.25, 0.3) is 0 Å². The lowest BCUT2D eigenvalue weighted by atomic mass is 10.1. The molecule has 1 aliphatic heterocycles. The van der Waals surface area contributed by atoms with Gasteiger partial charge in [-0.05, 0) is 37.3 Å². The van der Waals surface area contributed by atoms with Gasteiger partial charge in [0.05, 0.1) is 6.20 Å². The van der Waals surface area contributed by atoms with Crippen molar-refractivity contribution < 1.29 is 4.79 Å². The molecule has 1 atom stereocenters. The van der Waals surface area contributed by atoms with Crippen LogP contribution in [0.15, 0.2) is 6.20 Å². The molecule has 15 heavy (non-hydrogen) atoms. The van der Waals surface area contributed by atoms with Gasteiger partial charge in [0.25, 0.3) is 5.91 Å². The lowest BCUT2D eigenvalue weighted by Crippen LogP contribution is -2.30. The van der Waals surface area contributed by atoms with Gasteiger partial charge in [0.1, 0.15) is 4.88 Å². The van der Waals surface area contributed by atoms with Gasteiger partial charge in [0, 0.05) is 12.6 Å². The molecular formula is C9H14N4OS. The van der Waals surface area contributed by atoms with Crippen LogP contribution in [0.3, 0.4) is 0 Å². The van der Waals surface area contributed by atoms with Crippen molar-refractivity contribution in [3.8, 4) is 0 Å². The highest BCUT2D eigenvalue weighted by Gasteiger charge is 2.14. The minimum absolute atomic E-state index is 0.0667. The molecule has 0 saturated carbocycles. The summed E-state index contributed by atoms with van der Waals surface area (Å²) in [6, 6.07) is 0.574. The zero-order valence-corrected chi connectivity index (χ0v) is 9.22. The second kappa shape index (κ2) is 5.18. The number of nitrogens with one attached hydrogen (secondary N) is 2. The summed E-state index contributed by atoms with van der Waals surface area (Å²) in [6.07, 6.45) is 4.96. The van der Waals surface area contributed by atoms with Crippen LogP contribution in [0.2, 0.25) is 0 Å². The third kappa shape index (κ3) is 2.97. The zero-order chi connectivity index (χ0) is 10.5. The van der Waals surface area contributed by atoms with Crippen LogP contribution >= 0.6 is 11.5 Å². The summed E-state index contributed by atoms with van der Waals surface area (Å²) in [5, 5.41) is 9.88. The van der Waals surface area contributed by atoms with E-state index in [-0.39, 0.29) is 5.91 Å². The van der Waals surface area contributed by atoms with Crippen LogP contribution < -0.4 is 10.6 Å². The maximum atomic E-state index is 11.5. The lowest BCUT2D eigenvalue weighted by molar-refractivity contribution is 0.0956. The molecule has 0 unspecified atom stereocenters. The monoisotopic (exact) mass is 226 g/mol. The molecule has 0 radical (unpaired) electrons. The summed E-state index contributed by atoms with van der Waals surface area (Å²) < 4.78 is 3.65. The number of hydrogen-bond donors (Lipinski definition) is 2. The highest BCUT2D eigenvalue weighted by Crippen LogP contribution is 2.08. The highest BCUT2D eigenvalue weighted by molar-refractivity contribution is 7.07. The topological polar surface area (TPSA) is 66.9 Å². The van der Waals surface area contributed by atoms with Gasteiger partial charge < -0.3 is 10.6 Å². The molecule has 1 fully saturated rings. The molecule has 0 spiro atoms. The fraction of sp³-hybridized carbons (Fsp3) is 0.667. The van der Waals surface area contributed by atoms with Crippen molar-refractivity contribution in [1.29, 1.82) is 0 Å². The van der Waals surface area contributed by atoms with E-state index < -0.39 is 0 Å². The number of hydrogen-bond acceptors (Lipinski definition) is 5. The van der Waals surface area contributed by atoms with E-state index in [0.29, 0.717) is 17.5 Å². The number of nitrogens with zero attached hydrogens (tertiary/aromatic N) is 2. The number of rotatable bonds is 4. The molecule has 0 aliphatic carbocycles. The predicted octanol–water partition coefficient (Wildman–Crippen LogP) is 0.410. The largest absolute Gasteiger partial charge is 0.351 e. The molecule has 2 N–H and O–H groups in total. The van der Waals surface area contributed by atoms with Crippen molar-refractivity contribution in [2.75, 3.05) is 13.1 Å². The van der Waals surface area contributed by atoms with Crippen LogP contribution in [-0.4, -0.2) is 34.6 Å². The lowest BCUT2D eigenvalue weighted by Gasteiger charge is -2.09. The zero-order valence-electron chi connectivity index (χ0n) is 8.40. The molecule has 2 rings (SSSR count). The van der Waals surface area contributed by atoms with Crippen LogP contribution in [0.1, 0.15) is 28.9 Å². The first-order valence-electron chi connectivity index (χ1n) is 5.15. The first-order chi connectivity index (χ1) is 7.36. The van der Waals surface area contributed by atoms with E-state index in [1.54, 1.807) is 0 Å². The van der Waals surface area contributed by atoms with Crippen molar-refractivity contribution in [3.05, 3.63) is 11.1 Å². The Morgan fingerprint density at radius 1 is 1.73 bits per heavy atom. The molecule has 1 aliphatic rings. The Morgan fingerprint density at radius 2 is 2.67 bits per heavy atom. The molecule has 2 heterocycles. The van der Waals surface area contributed by atoms with E-state index >= 15 is 0 Å². The predicted molar refractivity (Wildman–Crippen MR) is 57.9 cm³/mol. The van der Waals surface area contributed by atoms with Crippen LogP contribution in [0.4, 0.5) is 0 Å². The third-order valence-corrected chi connectivity index (χ3v) is 3.19. The molecule has 6 heteroatoms. The highest BCUT2D eigenvalue weighted by atomic mass is 32.1. The molecular weight excluding hydrogens is 212 g/mol. The van der Waals surface area contributed by atoms with Crippen molar-refractivity contribution in [3.63, 3.8) is 0 Å². The molecule has 1 aromatic rings. The van der Waals surface area contributed by atoms with Crippen LogP contribution in [0.5, 0.6) is 0 Å². The van der Waals surface area contributed by atoms with Gasteiger partial charge in [-0.3, -0.25) is 4.79 Å². The molecule has 1 saturated heterocycles. The first kappa shape index (κ1) is 10.5. The van der Waals surface area contributed by atoms with Crippen LogP contribution in [-0.2, 0) is 0 Å². The van der Waals surface area contributed by atoms with Gasteiger partial charge in [0.2, 0.25) is 0 Å². The van der Waals surface area contributed by atoms with Gasteiger partial charge in [-0.2, -0.15) is 0 Å². The van der Waals surface area contributed by atoms with Gasteiger partial charge in [-0.25, -0.2) is 0 Å². The minimum atomic E-state index is -0.0667. The molecule has 82 valence electrons. The Balaban J connectivity index is 1.67. The van der Waals surface area contributed by atoms with Crippen molar-refractivity contribution >= 4 is 17.4 Å². The average molecular weight is 226 g/mol. The maximum absolute atomic E-state index is 11.5. The summed E-state index contributed by atoms with van der Waals surface area (Å²) in [5.74, 6) is -0.0667.